The van der Waals surface area contributed by atoms with Crippen LogP contribution in [0.1, 0.15) is 28.8 Å². The average Bonchev–Trinajstić information content (AvgIpc) is 2.99. The van der Waals surface area contributed by atoms with Gasteiger partial charge in [-0.2, -0.15) is 18.2 Å². The number of nitrogens with zero attached hydrogens (tertiary/aromatic N) is 4. The lowest BCUT2D eigenvalue weighted by molar-refractivity contribution is -0.105. The van der Waals surface area contributed by atoms with E-state index in [2.05, 4.69) is 25.9 Å². The molecule has 2 aromatic carbocycles. The standard InChI is InChI=1S/C30H31F4N7O3S/c1-40(2)27(42)22-14-18-15-36-29(38-20-8-6-19(7-9-20)37-21-10-12-35-13-11-21)39-26(18)41(28(22)43)16-23-24(31)4-3-5-25(23)45(44)17-30(32,33)34/h3-9,14-15,21,35,37H,10-13,16-17H2,1-2H3,(H,36,38,39). The number of nitrogens with one attached hydrogen (secondary N) is 3. The summed E-state index contributed by atoms with van der Waals surface area (Å²) in [7, 11) is 0.239. The second kappa shape index (κ2) is 13.3. The van der Waals surface area contributed by atoms with Crippen LogP contribution < -0.4 is 21.5 Å². The molecule has 1 unspecified atom stereocenters. The highest BCUT2D eigenvalue weighted by Crippen LogP contribution is 2.26. The van der Waals surface area contributed by atoms with Crippen LogP contribution in [-0.4, -0.2) is 74.7 Å². The number of pyridine rings is 1. The fraction of sp³-hybridized carbons (Fsp3) is 0.333. The summed E-state index contributed by atoms with van der Waals surface area (Å²) in [6.45, 7) is 1.27. The van der Waals surface area contributed by atoms with Crippen molar-refractivity contribution in [3.8, 4) is 0 Å². The third-order valence-electron chi connectivity index (χ3n) is 7.25. The normalized spacial score (nSPS) is 14.7. The van der Waals surface area contributed by atoms with Crippen molar-refractivity contribution in [3.05, 3.63) is 82.0 Å². The topological polar surface area (TPSA) is 121 Å². The maximum atomic E-state index is 15.1. The van der Waals surface area contributed by atoms with Gasteiger partial charge in [0.15, 0.2) is 0 Å². The number of hydrogen-bond acceptors (Lipinski definition) is 8. The molecule has 5 rings (SSSR count). The van der Waals surface area contributed by atoms with Crippen molar-refractivity contribution in [2.45, 2.75) is 36.5 Å². The van der Waals surface area contributed by atoms with Gasteiger partial charge >= 0.3 is 6.18 Å². The van der Waals surface area contributed by atoms with Crippen LogP contribution in [-0.2, 0) is 17.3 Å². The third kappa shape index (κ3) is 7.65. The van der Waals surface area contributed by atoms with Crippen LogP contribution in [0, 0.1) is 5.82 Å². The fourth-order valence-corrected chi connectivity index (χ4v) is 6.15. The highest BCUT2D eigenvalue weighted by molar-refractivity contribution is 7.85. The van der Waals surface area contributed by atoms with E-state index in [0.29, 0.717) is 11.7 Å². The lowest BCUT2D eigenvalue weighted by Crippen LogP contribution is -2.35. The number of amides is 1. The summed E-state index contributed by atoms with van der Waals surface area (Å²) in [5.41, 5.74) is 0.0634. The van der Waals surface area contributed by atoms with Crippen molar-refractivity contribution in [3.63, 3.8) is 0 Å². The lowest BCUT2D eigenvalue weighted by Gasteiger charge is -2.24. The monoisotopic (exact) mass is 645 g/mol. The van der Waals surface area contributed by atoms with Crippen LogP contribution in [0.4, 0.5) is 34.9 Å². The Hall–Kier alpha value is -4.37. The number of anilines is 3. The van der Waals surface area contributed by atoms with Crippen molar-refractivity contribution in [2.75, 3.05) is 43.6 Å². The van der Waals surface area contributed by atoms with Gasteiger partial charge in [0.2, 0.25) is 5.95 Å². The molecule has 0 radical (unpaired) electrons. The van der Waals surface area contributed by atoms with Gasteiger partial charge in [0.25, 0.3) is 11.5 Å². The molecule has 3 N–H and O–H groups in total. The van der Waals surface area contributed by atoms with Crippen LogP contribution in [0.15, 0.2) is 64.4 Å². The summed E-state index contributed by atoms with van der Waals surface area (Å²) in [6.07, 6.45) is -1.36. The van der Waals surface area contributed by atoms with Gasteiger partial charge < -0.3 is 20.9 Å². The molecule has 1 aliphatic rings. The second-order valence-corrected chi connectivity index (χ2v) is 12.2. The zero-order valence-electron chi connectivity index (χ0n) is 24.4. The average molecular weight is 646 g/mol. The molecule has 4 aromatic rings. The third-order valence-corrected chi connectivity index (χ3v) is 8.71. The van der Waals surface area contributed by atoms with E-state index in [0.717, 1.165) is 54.4 Å². The number of piperidine rings is 1. The molecule has 1 aliphatic heterocycles. The molecule has 1 fully saturated rings. The summed E-state index contributed by atoms with van der Waals surface area (Å²) in [5, 5.41) is 10.1. The molecule has 0 aliphatic carbocycles. The Morgan fingerprint density at radius 2 is 1.80 bits per heavy atom. The zero-order chi connectivity index (χ0) is 32.3. The van der Waals surface area contributed by atoms with Crippen LogP contribution in [0.2, 0.25) is 0 Å². The smallest absolute Gasteiger partial charge is 0.382 e. The van der Waals surface area contributed by atoms with Gasteiger partial charge in [-0.25, -0.2) is 9.37 Å². The first-order valence-corrected chi connectivity index (χ1v) is 15.4. The molecule has 0 bridgehead atoms. The van der Waals surface area contributed by atoms with E-state index in [1.165, 1.54) is 31.3 Å². The number of aromatic nitrogens is 3. The quantitative estimate of drug-likeness (QED) is 0.231. The summed E-state index contributed by atoms with van der Waals surface area (Å²) in [6, 6.07) is 12.4. The number of carbonyl (C=O) groups excluding carboxylic acids is 1. The number of carbonyl (C=O) groups is 1. The van der Waals surface area contributed by atoms with Crippen LogP contribution in [0.5, 0.6) is 0 Å². The largest absolute Gasteiger partial charge is 0.400 e. The molecule has 1 amide bonds. The molecule has 1 atom stereocenters. The Kier molecular flexibility index (Phi) is 9.48. The molecule has 2 aromatic heterocycles. The SMILES string of the molecule is CN(C)C(=O)c1cc2cnc(Nc3ccc(NC4CCNCC4)cc3)nc2n(Cc2c(F)cccc2S(=O)CC(F)(F)F)c1=O. The van der Waals surface area contributed by atoms with Crippen molar-refractivity contribution in [2.24, 2.45) is 0 Å². The van der Waals surface area contributed by atoms with Crippen molar-refractivity contribution >= 4 is 45.1 Å². The summed E-state index contributed by atoms with van der Waals surface area (Å²) in [5.74, 6) is -3.22. The number of fused-ring (bicyclic) bond motifs is 1. The fourth-order valence-electron chi connectivity index (χ4n) is 5.03. The number of halogens is 4. The molecule has 45 heavy (non-hydrogen) atoms. The van der Waals surface area contributed by atoms with E-state index in [-0.39, 0.29) is 28.1 Å². The van der Waals surface area contributed by atoms with E-state index < -0.39 is 51.5 Å². The Morgan fingerprint density at radius 3 is 2.47 bits per heavy atom. The van der Waals surface area contributed by atoms with Crippen LogP contribution >= 0.6 is 0 Å². The Bertz CT molecular complexity index is 1790. The second-order valence-electron chi connectivity index (χ2n) is 10.8. The number of alkyl halides is 3. The Morgan fingerprint density at radius 1 is 1.11 bits per heavy atom. The molecule has 0 saturated carbocycles. The van der Waals surface area contributed by atoms with E-state index in [4.69, 9.17) is 0 Å². The van der Waals surface area contributed by atoms with Crippen molar-refractivity contribution < 1.29 is 26.6 Å². The summed E-state index contributed by atoms with van der Waals surface area (Å²) in [4.78, 5) is 36.1. The maximum Gasteiger partial charge on any atom is 0.400 e. The minimum Gasteiger partial charge on any atom is -0.382 e. The molecule has 10 nitrogen and oxygen atoms in total. The highest BCUT2D eigenvalue weighted by atomic mass is 32.2. The van der Waals surface area contributed by atoms with Crippen LogP contribution in [0.25, 0.3) is 11.0 Å². The minimum absolute atomic E-state index is 0.00666. The first-order chi connectivity index (χ1) is 21.4. The minimum atomic E-state index is -4.77. The van der Waals surface area contributed by atoms with Gasteiger partial charge in [0, 0.05) is 53.6 Å². The number of benzene rings is 2. The van der Waals surface area contributed by atoms with E-state index in [9.17, 15) is 27.0 Å². The summed E-state index contributed by atoms with van der Waals surface area (Å²) >= 11 is 0. The molecular weight excluding hydrogens is 614 g/mol. The predicted octanol–water partition coefficient (Wildman–Crippen LogP) is 4.26. The lowest BCUT2D eigenvalue weighted by atomic mass is 10.1. The van der Waals surface area contributed by atoms with Gasteiger partial charge in [-0.05, 0) is 68.4 Å². The Labute approximate surface area is 258 Å². The van der Waals surface area contributed by atoms with Gasteiger partial charge in [-0.15, -0.1) is 0 Å². The van der Waals surface area contributed by atoms with Crippen molar-refractivity contribution in [1.29, 1.82) is 0 Å². The first-order valence-electron chi connectivity index (χ1n) is 14.1. The molecule has 238 valence electrons. The van der Waals surface area contributed by atoms with Gasteiger partial charge in [-0.1, -0.05) is 6.07 Å². The van der Waals surface area contributed by atoms with Crippen LogP contribution in [0.3, 0.4) is 0 Å². The zero-order valence-corrected chi connectivity index (χ0v) is 25.3. The number of rotatable bonds is 9. The molecule has 15 heteroatoms. The molecule has 3 heterocycles. The number of hydrogen-bond donors (Lipinski definition) is 3. The van der Waals surface area contributed by atoms with E-state index in [1.807, 2.05) is 24.3 Å². The maximum absolute atomic E-state index is 15.1. The molecule has 1 saturated heterocycles. The van der Waals surface area contributed by atoms with Gasteiger partial charge in [0.05, 0.1) is 17.3 Å². The Balaban J connectivity index is 1.52. The van der Waals surface area contributed by atoms with Gasteiger partial charge in [0.1, 0.15) is 22.8 Å². The van der Waals surface area contributed by atoms with Crippen molar-refractivity contribution in [1.82, 2.24) is 24.8 Å². The van der Waals surface area contributed by atoms with Gasteiger partial charge in [-0.3, -0.25) is 18.4 Å². The van der Waals surface area contributed by atoms with E-state index in [1.54, 1.807) is 0 Å². The predicted molar refractivity (Wildman–Crippen MR) is 164 cm³/mol. The van der Waals surface area contributed by atoms with E-state index >= 15 is 4.39 Å². The molecular formula is C30H31F4N7O3S. The summed E-state index contributed by atoms with van der Waals surface area (Å²) < 4.78 is 68.0. The first kappa shape index (κ1) is 32.0. The molecule has 0 spiro atoms. The highest BCUT2D eigenvalue weighted by Gasteiger charge is 2.32.